The summed E-state index contributed by atoms with van der Waals surface area (Å²) in [5.74, 6) is 0.0752. The summed E-state index contributed by atoms with van der Waals surface area (Å²) in [4.78, 5) is 26.0. The summed E-state index contributed by atoms with van der Waals surface area (Å²) in [7, 11) is 1.57. The van der Waals surface area contributed by atoms with Gasteiger partial charge in [0.25, 0.3) is 11.8 Å². The normalized spacial score (nSPS) is 14.8. The van der Waals surface area contributed by atoms with Crippen LogP contribution in [0.5, 0.6) is 11.5 Å². The molecule has 0 aromatic heterocycles. The third-order valence-corrected chi connectivity index (χ3v) is 5.93. The molecule has 0 aliphatic carbocycles. The van der Waals surface area contributed by atoms with Crippen molar-refractivity contribution in [3.63, 3.8) is 0 Å². The van der Waals surface area contributed by atoms with E-state index in [1.165, 1.54) is 11.1 Å². The number of hydrazine groups is 1. The molecule has 2 amide bonds. The zero-order chi connectivity index (χ0) is 23.5. The minimum absolute atomic E-state index is 0.279. The maximum Gasteiger partial charge on any atom is 0.276 e. The van der Waals surface area contributed by atoms with Gasteiger partial charge in [-0.05, 0) is 54.1 Å². The van der Waals surface area contributed by atoms with Crippen molar-refractivity contribution in [1.29, 1.82) is 0 Å². The van der Waals surface area contributed by atoms with Gasteiger partial charge in [-0.15, -0.1) is 0 Å². The Labute approximate surface area is 208 Å². The van der Waals surface area contributed by atoms with E-state index in [2.05, 4.69) is 26.7 Å². The molecule has 2 N–H and O–H groups in total. The maximum atomic E-state index is 13.3. The topological polar surface area (TPSA) is 79.9 Å². The number of ether oxygens (including phenoxy) is 2. The maximum absolute atomic E-state index is 13.3. The number of anilines is 1. The van der Waals surface area contributed by atoms with Gasteiger partial charge in [0.1, 0.15) is 17.7 Å². The second-order valence-electron chi connectivity index (χ2n) is 7.08. The van der Waals surface area contributed by atoms with Gasteiger partial charge in [0.15, 0.2) is 6.61 Å². The lowest BCUT2D eigenvalue weighted by atomic mass is 10.0. The van der Waals surface area contributed by atoms with E-state index < -0.39 is 12.1 Å². The monoisotopic (exact) mass is 549 g/mol. The highest BCUT2D eigenvalue weighted by atomic mass is 79.9. The molecule has 1 atom stereocenters. The van der Waals surface area contributed by atoms with Crippen molar-refractivity contribution in [1.82, 2.24) is 10.4 Å². The van der Waals surface area contributed by atoms with E-state index in [-0.39, 0.29) is 17.5 Å². The first kappa shape index (κ1) is 23.2. The van der Waals surface area contributed by atoms with Gasteiger partial charge in [0, 0.05) is 15.2 Å². The number of carbonyl (C=O) groups excluding carboxylic acids is 2. The first-order chi connectivity index (χ1) is 15.9. The molecule has 7 nitrogen and oxygen atoms in total. The van der Waals surface area contributed by atoms with Crippen molar-refractivity contribution in [2.45, 2.75) is 6.17 Å². The van der Waals surface area contributed by atoms with Crippen LogP contribution >= 0.6 is 39.1 Å². The SMILES string of the molecule is COc1ccc(C2Nc3ccc(Br)cc3C(=O)N2NC(=O)COc2ccc(Cl)cc2Cl)cc1. The fourth-order valence-electron chi connectivity index (χ4n) is 3.31. The number of nitrogens with one attached hydrogen (secondary N) is 2. The number of nitrogens with zero attached hydrogens (tertiary/aromatic N) is 1. The zero-order valence-corrected chi connectivity index (χ0v) is 20.4. The Bertz CT molecular complexity index is 1210. The van der Waals surface area contributed by atoms with Crippen LogP contribution < -0.4 is 20.2 Å². The van der Waals surface area contributed by atoms with Crippen molar-refractivity contribution >= 4 is 56.6 Å². The molecule has 3 aromatic carbocycles. The molecule has 0 radical (unpaired) electrons. The van der Waals surface area contributed by atoms with Gasteiger partial charge in [0.05, 0.1) is 17.7 Å². The summed E-state index contributed by atoms with van der Waals surface area (Å²) in [6, 6.07) is 17.2. The average Bonchev–Trinajstić information content (AvgIpc) is 2.80. The molecule has 1 heterocycles. The summed E-state index contributed by atoms with van der Waals surface area (Å²) < 4.78 is 11.5. The molecule has 33 heavy (non-hydrogen) atoms. The number of benzene rings is 3. The van der Waals surface area contributed by atoms with Crippen molar-refractivity contribution in [2.24, 2.45) is 0 Å². The predicted molar refractivity (Wildman–Crippen MR) is 130 cm³/mol. The summed E-state index contributed by atoms with van der Waals surface area (Å²) in [6.45, 7) is -0.355. The molecule has 0 spiro atoms. The van der Waals surface area contributed by atoms with Crippen molar-refractivity contribution in [3.05, 3.63) is 86.3 Å². The van der Waals surface area contributed by atoms with Crippen LogP contribution in [0.25, 0.3) is 0 Å². The first-order valence-electron chi connectivity index (χ1n) is 9.76. The lowest BCUT2D eigenvalue weighted by Gasteiger charge is -2.37. The Hall–Kier alpha value is -2.94. The highest BCUT2D eigenvalue weighted by Crippen LogP contribution is 2.34. The minimum Gasteiger partial charge on any atom is -0.497 e. The number of amides is 2. The number of hydrogen-bond donors (Lipinski definition) is 2. The minimum atomic E-state index is -0.653. The number of carbonyl (C=O) groups is 2. The van der Waals surface area contributed by atoms with Gasteiger partial charge < -0.3 is 14.8 Å². The smallest absolute Gasteiger partial charge is 0.276 e. The molecule has 0 saturated heterocycles. The molecule has 170 valence electrons. The van der Waals surface area contributed by atoms with Crippen LogP contribution in [0.2, 0.25) is 10.0 Å². The predicted octanol–water partition coefficient (Wildman–Crippen LogP) is 5.44. The van der Waals surface area contributed by atoms with E-state index in [9.17, 15) is 9.59 Å². The van der Waals surface area contributed by atoms with Gasteiger partial charge in [-0.3, -0.25) is 15.0 Å². The van der Waals surface area contributed by atoms with E-state index in [4.69, 9.17) is 32.7 Å². The summed E-state index contributed by atoms with van der Waals surface area (Å²) >= 11 is 15.4. The molecule has 4 rings (SSSR count). The Morgan fingerprint density at radius 1 is 1.12 bits per heavy atom. The third kappa shape index (κ3) is 5.19. The molecule has 1 unspecified atom stereocenters. The second kappa shape index (κ2) is 9.91. The molecule has 0 fully saturated rings. The summed E-state index contributed by atoms with van der Waals surface area (Å²) in [5, 5.41) is 5.28. The van der Waals surface area contributed by atoms with Crippen molar-refractivity contribution < 1.29 is 19.1 Å². The Morgan fingerprint density at radius 2 is 1.88 bits per heavy atom. The number of methoxy groups -OCH3 is 1. The van der Waals surface area contributed by atoms with E-state index in [1.54, 1.807) is 43.5 Å². The third-order valence-electron chi connectivity index (χ3n) is 4.91. The van der Waals surface area contributed by atoms with Crippen LogP contribution in [0.1, 0.15) is 22.1 Å². The quantitative estimate of drug-likeness (QED) is 0.427. The lowest BCUT2D eigenvalue weighted by molar-refractivity contribution is -0.127. The number of hydrogen-bond acceptors (Lipinski definition) is 5. The number of fused-ring (bicyclic) bond motifs is 1. The molecule has 0 saturated carbocycles. The van der Waals surface area contributed by atoms with Gasteiger partial charge in [-0.1, -0.05) is 51.3 Å². The Kier molecular flexibility index (Phi) is 6.97. The summed E-state index contributed by atoms with van der Waals surface area (Å²) in [5.41, 5.74) is 4.46. The van der Waals surface area contributed by atoms with Gasteiger partial charge in [0.2, 0.25) is 0 Å². The van der Waals surface area contributed by atoms with Crippen LogP contribution in [0.3, 0.4) is 0 Å². The molecule has 3 aromatic rings. The molecule has 10 heteroatoms. The number of rotatable bonds is 6. The van der Waals surface area contributed by atoms with E-state index in [0.717, 1.165) is 10.0 Å². The highest BCUT2D eigenvalue weighted by Gasteiger charge is 2.34. The van der Waals surface area contributed by atoms with Crippen molar-refractivity contribution in [3.8, 4) is 11.5 Å². The van der Waals surface area contributed by atoms with Crippen LogP contribution in [0, 0.1) is 0 Å². The average molecular weight is 551 g/mol. The van der Waals surface area contributed by atoms with E-state index >= 15 is 0 Å². The van der Waals surface area contributed by atoms with Gasteiger partial charge >= 0.3 is 0 Å². The largest absolute Gasteiger partial charge is 0.497 e. The summed E-state index contributed by atoms with van der Waals surface area (Å²) in [6.07, 6.45) is -0.653. The lowest BCUT2D eigenvalue weighted by Crippen LogP contribution is -2.53. The fraction of sp³-hybridized carbons (Fsp3) is 0.130. The standard InChI is InChI=1S/C23H18BrCl2N3O4/c1-32-16-6-2-13(3-7-16)22-27-19-8-4-14(24)10-17(19)23(31)29(22)28-21(30)12-33-20-9-5-15(25)11-18(20)26/h2-11,22,27H,12H2,1H3,(H,28,30). The van der Waals surface area contributed by atoms with Crippen LogP contribution in [0.4, 0.5) is 5.69 Å². The number of halogens is 3. The molecule has 1 aliphatic rings. The molecular formula is C23H18BrCl2N3O4. The van der Waals surface area contributed by atoms with E-state index in [1.807, 2.05) is 18.2 Å². The zero-order valence-electron chi connectivity index (χ0n) is 17.3. The van der Waals surface area contributed by atoms with Crippen LogP contribution in [0.15, 0.2) is 65.1 Å². The highest BCUT2D eigenvalue weighted by molar-refractivity contribution is 9.10. The fourth-order valence-corrected chi connectivity index (χ4v) is 4.14. The van der Waals surface area contributed by atoms with E-state index in [0.29, 0.717) is 27.8 Å². The molecule has 0 bridgehead atoms. The molecule has 1 aliphatic heterocycles. The second-order valence-corrected chi connectivity index (χ2v) is 8.84. The Balaban J connectivity index is 1.57. The first-order valence-corrected chi connectivity index (χ1v) is 11.3. The van der Waals surface area contributed by atoms with Gasteiger partial charge in [-0.2, -0.15) is 0 Å². The van der Waals surface area contributed by atoms with Gasteiger partial charge in [-0.25, -0.2) is 5.01 Å². The molecular weight excluding hydrogens is 533 g/mol. The van der Waals surface area contributed by atoms with Crippen molar-refractivity contribution in [2.75, 3.05) is 19.0 Å². The van der Waals surface area contributed by atoms with Crippen LogP contribution in [-0.4, -0.2) is 30.5 Å². The van der Waals surface area contributed by atoms with Crippen LogP contribution in [-0.2, 0) is 4.79 Å². The Morgan fingerprint density at radius 3 is 2.58 bits per heavy atom.